The molecule has 1 heterocycles. The molecular weight excluding hydrogens is 295 g/mol. The smallest absolute Gasteiger partial charge is 0.0702 e. The highest BCUT2D eigenvalue weighted by molar-refractivity contribution is 6.34. The van der Waals surface area contributed by atoms with Crippen molar-refractivity contribution in [3.05, 3.63) is 33.8 Å². The molecule has 0 amide bonds. The van der Waals surface area contributed by atoms with Gasteiger partial charge in [0.1, 0.15) is 0 Å². The second kappa shape index (κ2) is 7.62. The molecule has 2 N–H and O–H groups in total. The van der Waals surface area contributed by atoms with E-state index in [1.807, 2.05) is 12.1 Å². The second-order valence-corrected chi connectivity index (χ2v) is 6.26. The van der Waals surface area contributed by atoms with Gasteiger partial charge in [0, 0.05) is 35.8 Å². The van der Waals surface area contributed by atoms with E-state index in [1.54, 1.807) is 6.07 Å². The van der Waals surface area contributed by atoms with Gasteiger partial charge in [-0.1, -0.05) is 23.2 Å². The van der Waals surface area contributed by atoms with E-state index in [-0.39, 0.29) is 6.04 Å². The number of rotatable bonds is 5. The van der Waals surface area contributed by atoms with Crippen LogP contribution in [0.15, 0.2) is 18.2 Å². The van der Waals surface area contributed by atoms with Crippen molar-refractivity contribution < 1.29 is 4.74 Å². The zero-order chi connectivity index (χ0) is 14.5. The minimum absolute atomic E-state index is 0.108. The Hall–Kier alpha value is -0.320. The highest BCUT2D eigenvalue weighted by Gasteiger charge is 2.22. The molecule has 3 nitrogen and oxygen atoms in total. The fourth-order valence-electron chi connectivity index (χ4n) is 2.74. The summed E-state index contributed by atoms with van der Waals surface area (Å²) in [5.74, 6) is 0. The third-order valence-electron chi connectivity index (χ3n) is 3.79. The van der Waals surface area contributed by atoms with Crippen LogP contribution >= 0.6 is 23.2 Å². The Balaban J connectivity index is 2.05. The quantitative estimate of drug-likeness (QED) is 0.903. The molecule has 0 aliphatic carbocycles. The summed E-state index contributed by atoms with van der Waals surface area (Å²) in [5.41, 5.74) is 7.00. The van der Waals surface area contributed by atoms with Gasteiger partial charge in [0.2, 0.25) is 0 Å². The Kier molecular flexibility index (Phi) is 6.12. The minimum atomic E-state index is 0.108. The molecule has 2 unspecified atom stereocenters. The van der Waals surface area contributed by atoms with Crippen LogP contribution < -0.4 is 5.73 Å². The van der Waals surface area contributed by atoms with Gasteiger partial charge in [-0.25, -0.2) is 0 Å². The summed E-state index contributed by atoms with van der Waals surface area (Å²) in [6, 6.07) is 5.72. The van der Waals surface area contributed by atoms with Gasteiger partial charge in [-0.2, -0.15) is 0 Å². The monoisotopic (exact) mass is 316 g/mol. The molecule has 0 spiro atoms. The Morgan fingerprint density at radius 3 is 2.55 bits per heavy atom. The van der Waals surface area contributed by atoms with Crippen LogP contribution in [0.4, 0.5) is 0 Å². The fourth-order valence-corrected chi connectivity index (χ4v) is 3.28. The number of likely N-dealkylation sites (N-methyl/N-ethyl adjacent to an activating group) is 1. The van der Waals surface area contributed by atoms with Crippen molar-refractivity contribution in [2.45, 2.75) is 31.4 Å². The fraction of sp³-hybridized carbons (Fsp3) is 0.600. The van der Waals surface area contributed by atoms with Crippen LogP contribution in [-0.4, -0.2) is 37.7 Å². The Labute approximate surface area is 131 Å². The van der Waals surface area contributed by atoms with Crippen molar-refractivity contribution in [2.24, 2.45) is 5.73 Å². The van der Waals surface area contributed by atoms with Crippen LogP contribution in [-0.2, 0) is 4.74 Å². The van der Waals surface area contributed by atoms with E-state index in [1.165, 1.54) is 12.8 Å². The number of ether oxygens (including phenoxy) is 1. The first-order valence-corrected chi connectivity index (χ1v) is 7.83. The number of nitrogens with zero attached hydrogens (tertiary/aromatic N) is 1. The largest absolute Gasteiger partial charge is 0.377 e. The molecule has 1 aromatic rings. The number of hydrogen-bond acceptors (Lipinski definition) is 3. The zero-order valence-corrected chi connectivity index (χ0v) is 13.3. The van der Waals surface area contributed by atoms with E-state index >= 15 is 0 Å². The maximum absolute atomic E-state index is 6.08. The molecular formula is C15H22Cl2N2O. The van der Waals surface area contributed by atoms with Gasteiger partial charge in [-0.15, -0.1) is 0 Å². The van der Waals surface area contributed by atoms with Crippen LogP contribution in [0.2, 0.25) is 10.0 Å². The van der Waals surface area contributed by atoms with Crippen LogP contribution in [0, 0.1) is 0 Å². The Morgan fingerprint density at radius 2 is 2.00 bits per heavy atom. The molecule has 0 aromatic heterocycles. The van der Waals surface area contributed by atoms with Gasteiger partial charge in [-0.05, 0) is 50.1 Å². The molecule has 0 bridgehead atoms. The van der Waals surface area contributed by atoms with Crippen LogP contribution in [0.1, 0.15) is 30.9 Å². The molecule has 1 saturated heterocycles. The lowest BCUT2D eigenvalue weighted by Crippen LogP contribution is -2.38. The third kappa shape index (κ3) is 4.34. The van der Waals surface area contributed by atoms with Gasteiger partial charge in [0.05, 0.1) is 6.10 Å². The number of nitrogens with two attached hydrogens (primary N) is 1. The molecule has 2 atom stereocenters. The van der Waals surface area contributed by atoms with Crippen molar-refractivity contribution in [1.29, 1.82) is 0 Å². The first kappa shape index (κ1) is 16.1. The Bertz CT molecular complexity index is 416. The number of halogens is 2. The van der Waals surface area contributed by atoms with Gasteiger partial charge >= 0.3 is 0 Å². The van der Waals surface area contributed by atoms with Crippen molar-refractivity contribution in [2.75, 3.05) is 26.7 Å². The van der Waals surface area contributed by atoms with E-state index in [0.717, 1.165) is 25.1 Å². The molecule has 5 heteroatoms. The summed E-state index contributed by atoms with van der Waals surface area (Å²) in [6.45, 7) is 2.28. The van der Waals surface area contributed by atoms with E-state index < -0.39 is 0 Å². The molecule has 1 aromatic carbocycles. The van der Waals surface area contributed by atoms with Crippen molar-refractivity contribution in [3.63, 3.8) is 0 Å². The summed E-state index contributed by atoms with van der Waals surface area (Å²) in [4.78, 5) is 2.23. The molecule has 112 valence electrons. The minimum Gasteiger partial charge on any atom is -0.377 e. The summed E-state index contributed by atoms with van der Waals surface area (Å²) in [7, 11) is 2.07. The predicted octanol–water partition coefficient (Wildman–Crippen LogP) is 3.49. The SMILES string of the molecule is CN(CC1CCCCO1)C(CN)c1cc(Cl)cc(Cl)c1. The maximum Gasteiger partial charge on any atom is 0.0702 e. The first-order chi connectivity index (χ1) is 9.60. The zero-order valence-electron chi connectivity index (χ0n) is 11.8. The topological polar surface area (TPSA) is 38.5 Å². The predicted molar refractivity (Wildman–Crippen MR) is 84.5 cm³/mol. The summed E-state index contributed by atoms with van der Waals surface area (Å²) in [5, 5.41) is 1.29. The van der Waals surface area contributed by atoms with Gasteiger partial charge in [-0.3, -0.25) is 4.90 Å². The molecule has 1 aliphatic heterocycles. The van der Waals surface area contributed by atoms with Crippen LogP contribution in [0.3, 0.4) is 0 Å². The maximum atomic E-state index is 6.08. The van der Waals surface area contributed by atoms with Crippen molar-refractivity contribution in [1.82, 2.24) is 4.90 Å². The van der Waals surface area contributed by atoms with Gasteiger partial charge in [0.25, 0.3) is 0 Å². The first-order valence-electron chi connectivity index (χ1n) is 7.08. The second-order valence-electron chi connectivity index (χ2n) is 5.38. The molecule has 0 saturated carbocycles. The van der Waals surface area contributed by atoms with Crippen LogP contribution in [0.25, 0.3) is 0 Å². The highest BCUT2D eigenvalue weighted by Crippen LogP contribution is 2.27. The van der Waals surface area contributed by atoms with E-state index in [9.17, 15) is 0 Å². The standard InChI is InChI=1S/C15H22Cl2N2O/c1-19(10-14-4-2-3-5-20-14)15(9-18)11-6-12(16)8-13(17)7-11/h6-8,14-15H,2-5,9-10,18H2,1H3. The summed E-state index contributed by atoms with van der Waals surface area (Å²) >= 11 is 12.2. The summed E-state index contributed by atoms with van der Waals surface area (Å²) < 4.78 is 5.79. The van der Waals surface area contributed by atoms with Gasteiger partial charge in [0.15, 0.2) is 0 Å². The van der Waals surface area contributed by atoms with Crippen LogP contribution in [0.5, 0.6) is 0 Å². The number of hydrogen-bond donors (Lipinski definition) is 1. The van der Waals surface area contributed by atoms with Crippen molar-refractivity contribution >= 4 is 23.2 Å². The van der Waals surface area contributed by atoms with E-state index in [0.29, 0.717) is 22.7 Å². The average molecular weight is 317 g/mol. The lowest BCUT2D eigenvalue weighted by molar-refractivity contribution is -0.00777. The molecule has 2 rings (SSSR count). The molecule has 1 fully saturated rings. The molecule has 20 heavy (non-hydrogen) atoms. The molecule has 0 radical (unpaired) electrons. The lowest BCUT2D eigenvalue weighted by atomic mass is 10.0. The summed E-state index contributed by atoms with van der Waals surface area (Å²) in [6.07, 6.45) is 3.84. The average Bonchev–Trinajstić information content (AvgIpc) is 2.39. The van der Waals surface area contributed by atoms with Crippen molar-refractivity contribution in [3.8, 4) is 0 Å². The normalized spacial score (nSPS) is 21.1. The lowest BCUT2D eigenvalue weighted by Gasteiger charge is -2.32. The third-order valence-corrected chi connectivity index (χ3v) is 4.23. The highest BCUT2D eigenvalue weighted by atomic mass is 35.5. The van der Waals surface area contributed by atoms with E-state index in [2.05, 4.69) is 11.9 Å². The van der Waals surface area contributed by atoms with Gasteiger partial charge < -0.3 is 10.5 Å². The molecule has 1 aliphatic rings. The number of benzene rings is 1. The Morgan fingerprint density at radius 1 is 1.30 bits per heavy atom. The van der Waals surface area contributed by atoms with E-state index in [4.69, 9.17) is 33.7 Å².